The van der Waals surface area contributed by atoms with Gasteiger partial charge in [-0.05, 0) is 53.1 Å². The van der Waals surface area contributed by atoms with Crippen LogP contribution >= 0.6 is 11.6 Å². The second-order valence-corrected chi connectivity index (χ2v) is 9.19. The summed E-state index contributed by atoms with van der Waals surface area (Å²) in [6, 6.07) is 16.3. The molecular formula is C21H19ClN2O4S. The van der Waals surface area contributed by atoms with E-state index in [0.717, 1.165) is 9.87 Å². The zero-order valence-corrected chi connectivity index (χ0v) is 17.3. The number of benzene rings is 3. The number of rotatable bonds is 5. The van der Waals surface area contributed by atoms with Crippen molar-refractivity contribution in [2.75, 3.05) is 14.1 Å². The fourth-order valence-electron chi connectivity index (χ4n) is 2.87. The molecular weight excluding hydrogens is 412 g/mol. The first-order valence-electron chi connectivity index (χ1n) is 8.57. The summed E-state index contributed by atoms with van der Waals surface area (Å²) in [6.45, 7) is 0. The summed E-state index contributed by atoms with van der Waals surface area (Å²) in [5, 5.41) is 11.2. The maximum atomic E-state index is 12.3. The fraction of sp³-hybridized carbons (Fsp3) is 0.0952. The molecule has 6 nitrogen and oxygen atoms in total. The molecule has 3 aromatic carbocycles. The van der Waals surface area contributed by atoms with Crippen molar-refractivity contribution in [2.24, 2.45) is 5.73 Å². The van der Waals surface area contributed by atoms with Gasteiger partial charge in [0.1, 0.15) is 5.75 Å². The molecule has 29 heavy (non-hydrogen) atoms. The Kier molecular flexibility index (Phi) is 5.66. The maximum Gasteiger partial charge on any atom is 0.252 e. The first-order chi connectivity index (χ1) is 13.6. The zero-order chi connectivity index (χ0) is 21.3. The van der Waals surface area contributed by atoms with Crippen LogP contribution in [0.3, 0.4) is 0 Å². The Morgan fingerprint density at radius 2 is 1.48 bits per heavy atom. The van der Waals surface area contributed by atoms with Gasteiger partial charge in [0.2, 0.25) is 10.0 Å². The Bertz CT molecular complexity index is 1170. The summed E-state index contributed by atoms with van der Waals surface area (Å²) in [6.07, 6.45) is 0. The highest BCUT2D eigenvalue weighted by Crippen LogP contribution is 2.37. The summed E-state index contributed by atoms with van der Waals surface area (Å²) in [4.78, 5) is 12.0. The van der Waals surface area contributed by atoms with Gasteiger partial charge in [0.25, 0.3) is 5.91 Å². The molecule has 3 N–H and O–H groups in total. The molecule has 0 aliphatic rings. The van der Waals surface area contributed by atoms with Crippen LogP contribution in [0.4, 0.5) is 0 Å². The predicted octanol–water partition coefficient (Wildman–Crippen LogP) is 3.73. The van der Waals surface area contributed by atoms with E-state index in [0.29, 0.717) is 21.7 Å². The number of carbonyl (C=O) groups is 1. The molecule has 0 unspecified atom stereocenters. The number of hydrogen-bond donors (Lipinski definition) is 2. The van der Waals surface area contributed by atoms with Crippen LogP contribution in [-0.2, 0) is 10.0 Å². The van der Waals surface area contributed by atoms with E-state index in [9.17, 15) is 18.3 Å². The molecule has 8 heteroatoms. The second kappa shape index (κ2) is 7.87. The second-order valence-electron chi connectivity index (χ2n) is 6.60. The van der Waals surface area contributed by atoms with E-state index in [1.54, 1.807) is 42.5 Å². The first-order valence-corrected chi connectivity index (χ1v) is 10.4. The van der Waals surface area contributed by atoms with E-state index in [4.69, 9.17) is 17.3 Å². The van der Waals surface area contributed by atoms with Gasteiger partial charge in [0.15, 0.2) is 0 Å². The molecule has 0 atom stereocenters. The van der Waals surface area contributed by atoms with E-state index in [1.807, 2.05) is 0 Å². The van der Waals surface area contributed by atoms with Crippen molar-refractivity contribution in [3.05, 3.63) is 71.2 Å². The first kappa shape index (κ1) is 20.9. The highest BCUT2D eigenvalue weighted by atomic mass is 35.5. The van der Waals surface area contributed by atoms with Gasteiger partial charge in [0, 0.05) is 24.7 Å². The summed E-state index contributed by atoms with van der Waals surface area (Å²) >= 11 is 5.94. The molecule has 0 saturated carbocycles. The number of amides is 1. The molecule has 3 aromatic rings. The molecule has 1 amide bonds. The Morgan fingerprint density at radius 3 is 2.00 bits per heavy atom. The van der Waals surface area contributed by atoms with Crippen LogP contribution in [0.15, 0.2) is 65.6 Å². The summed E-state index contributed by atoms with van der Waals surface area (Å²) in [5.41, 5.74) is 7.76. The van der Waals surface area contributed by atoms with Gasteiger partial charge in [-0.25, -0.2) is 12.7 Å². The lowest BCUT2D eigenvalue weighted by Gasteiger charge is -2.14. The number of aromatic hydroxyl groups is 1. The number of primary amides is 1. The molecule has 0 radical (unpaired) electrons. The average molecular weight is 431 g/mol. The Hall–Kier alpha value is -2.87. The molecule has 0 aliphatic carbocycles. The van der Waals surface area contributed by atoms with Crippen molar-refractivity contribution in [1.82, 2.24) is 4.31 Å². The van der Waals surface area contributed by atoms with E-state index in [1.165, 1.54) is 32.3 Å². The van der Waals surface area contributed by atoms with Crippen molar-refractivity contribution in [2.45, 2.75) is 4.90 Å². The van der Waals surface area contributed by atoms with E-state index in [2.05, 4.69) is 0 Å². The largest absolute Gasteiger partial charge is 0.506 e. The van der Waals surface area contributed by atoms with Gasteiger partial charge < -0.3 is 10.8 Å². The van der Waals surface area contributed by atoms with Gasteiger partial charge in [0.05, 0.1) is 10.5 Å². The predicted molar refractivity (Wildman–Crippen MR) is 113 cm³/mol. The molecule has 3 rings (SSSR count). The van der Waals surface area contributed by atoms with Crippen molar-refractivity contribution in [3.63, 3.8) is 0 Å². The molecule has 0 aliphatic heterocycles. The molecule has 0 bridgehead atoms. The number of halogens is 1. The number of hydrogen-bond acceptors (Lipinski definition) is 4. The van der Waals surface area contributed by atoms with Gasteiger partial charge >= 0.3 is 0 Å². The third-order valence-corrected chi connectivity index (χ3v) is 6.58. The molecule has 0 heterocycles. The van der Waals surface area contributed by atoms with Crippen molar-refractivity contribution < 1.29 is 18.3 Å². The van der Waals surface area contributed by atoms with Crippen molar-refractivity contribution in [3.8, 4) is 28.0 Å². The van der Waals surface area contributed by atoms with Crippen LogP contribution in [0.5, 0.6) is 5.75 Å². The third kappa shape index (κ3) is 4.12. The lowest BCUT2D eigenvalue weighted by atomic mass is 9.94. The minimum atomic E-state index is -3.58. The third-order valence-electron chi connectivity index (χ3n) is 4.50. The summed E-state index contributed by atoms with van der Waals surface area (Å²) in [5.74, 6) is -1.04. The van der Waals surface area contributed by atoms with Gasteiger partial charge in [-0.2, -0.15) is 0 Å². The maximum absolute atomic E-state index is 12.3. The number of nitrogens with two attached hydrogens (primary N) is 1. The van der Waals surface area contributed by atoms with E-state index < -0.39 is 15.9 Å². The molecule has 0 fully saturated rings. The highest BCUT2D eigenvalue weighted by molar-refractivity contribution is 7.89. The minimum Gasteiger partial charge on any atom is -0.506 e. The van der Waals surface area contributed by atoms with Crippen molar-refractivity contribution in [1.29, 1.82) is 0 Å². The number of sulfonamides is 1. The number of phenols is 1. The Balaban J connectivity index is 2.16. The average Bonchev–Trinajstić information content (AvgIpc) is 2.68. The Labute approximate surface area is 174 Å². The molecule has 0 saturated heterocycles. The van der Waals surface area contributed by atoms with Crippen LogP contribution in [-0.4, -0.2) is 37.8 Å². The van der Waals surface area contributed by atoms with Gasteiger partial charge in [-0.15, -0.1) is 0 Å². The zero-order valence-electron chi connectivity index (χ0n) is 15.8. The molecule has 150 valence electrons. The van der Waals surface area contributed by atoms with Crippen molar-refractivity contribution >= 4 is 27.5 Å². The number of carbonyl (C=O) groups excluding carboxylic acids is 1. The standard InChI is InChI=1S/C21H19ClN2O4S/c1-24(2)29(27,28)17-9-5-14(6-10-17)18-11-15(12-19(20(18)25)21(23)26)13-3-7-16(22)8-4-13/h3-12,25H,1-2H3,(H2,23,26). The van der Waals surface area contributed by atoms with E-state index in [-0.39, 0.29) is 16.2 Å². The fourth-order valence-corrected chi connectivity index (χ4v) is 3.90. The highest BCUT2D eigenvalue weighted by Gasteiger charge is 2.19. The van der Waals surface area contributed by atoms with Crippen LogP contribution in [0.2, 0.25) is 5.02 Å². The molecule has 0 aromatic heterocycles. The van der Waals surface area contributed by atoms with Gasteiger partial charge in [-0.1, -0.05) is 35.9 Å². The van der Waals surface area contributed by atoms with Crippen LogP contribution in [0, 0.1) is 0 Å². The van der Waals surface area contributed by atoms with Crippen LogP contribution in [0.25, 0.3) is 22.3 Å². The summed E-state index contributed by atoms with van der Waals surface area (Å²) in [7, 11) is -0.682. The topological polar surface area (TPSA) is 101 Å². The number of nitrogens with zero attached hydrogens (tertiary/aromatic N) is 1. The Morgan fingerprint density at radius 1 is 0.931 bits per heavy atom. The molecule has 0 spiro atoms. The lowest BCUT2D eigenvalue weighted by molar-refractivity contribution is 0.0998. The normalized spacial score (nSPS) is 11.6. The van der Waals surface area contributed by atoms with E-state index >= 15 is 0 Å². The minimum absolute atomic E-state index is 0.0301. The SMILES string of the molecule is CN(C)S(=O)(=O)c1ccc(-c2cc(-c3ccc(Cl)cc3)cc(C(N)=O)c2O)cc1. The lowest BCUT2D eigenvalue weighted by Crippen LogP contribution is -2.22. The summed E-state index contributed by atoms with van der Waals surface area (Å²) < 4.78 is 25.6. The van der Waals surface area contributed by atoms with Gasteiger partial charge in [-0.3, -0.25) is 4.79 Å². The van der Waals surface area contributed by atoms with Crippen LogP contribution < -0.4 is 5.73 Å². The quantitative estimate of drug-likeness (QED) is 0.644. The monoisotopic (exact) mass is 430 g/mol. The van der Waals surface area contributed by atoms with Crippen LogP contribution in [0.1, 0.15) is 10.4 Å². The smallest absolute Gasteiger partial charge is 0.252 e.